The monoisotopic (exact) mass is 394 g/mol. The molecule has 1 nitrogen and oxygen atoms in total. The first kappa shape index (κ1) is 21.1. The first-order chi connectivity index (χ1) is 14.1. The van der Waals surface area contributed by atoms with E-state index in [-0.39, 0.29) is 11.5 Å². The fraction of sp³-hybridized carbons (Fsp3) is 0.385. The average Bonchev–Trinajstić information content (AvgIpc) is 2.73. The number of halogens is 2. The van der Waals surface area contributed by atoms with E-state index in [2.05, 4.69) is 18.4 Å². The topological polar surface area (TPSA) is 9.23 Å². The van der Waals surface area contributed by atoms with E-state index in [1.54, 1.807) is 24.3 Å². The third-order valence-electron chi connectivity index (χ3n) is 5.66. The molecule has 1 saturated carbocycles. The maximum absolute atomic E-state index is 14.6. The lowest BCUT2D eigenvalue weighted by molar-refractivity contribution is 0.311. The first-order valence-corrected chi connectivity index (χ1v) is 10.5. The van der Waals surface area contributed by atoms with Crippen LogP contribution in [0.2, 0.25) is 0 Å². The molecule has 3 rings (SSSR count). The van der Waals surface area contributed by atoms with E-state index < -0.39 is 11.6 Å². The van der Waals surface area contributed by atoms with Crippen molar-refractivity contribution in [3.05, 3.63) is 77.4 Å². The van der Waals surface area contributed by atoms with Crippen LogP contribution in [0.4, 0.5) is 8.78 Å². The Morgan fingerprint density at radius 3 is 2.28 bits per heavy atom. The molecule has 0 N–H and O–H groups in total. The molecule has 0 aliphatic heterocycles. The van der Waals surface area contributed by atoms with Gasteiger partial charge in [0.2, 0.25) is 0 Å². The molecule has 0 aromatic heterocycles. The largest absolute Gasteiger partial charge is 0.494 e. The van der Waals surface area contributed by atoms with Crippen LogP contribution < -0.4 is 4.74 Å². The van der Waals surface area contributed by atoms with Gasteiger partial charge >= 0.3 is 0 Å². The van der Waals surface area contributed by atoms with E-state index in [0.717, 1.165) is 43.4 Å². The molecule has 0 saturated heterocycles. The van der Waals surface area contributed by atoms with E-state index in [1.807, 2.05) is 13.0 Å². The highest BCUT2D eigenvalue weighted by Crippen LogP contribution is 2.38. The van der Waals surface area contributed by atoms with Crippen LogP contribution in [-0.2, 0) is 0 Å². The SMILES string of the molecule is C=CCCC1CCC(c2cc(F)c(C#Cc3ccc(OCC)cc3)c(F)c2)CC1. The van der Waals surface area contributed by atoms with Gasteiger partial charge in [0.25, 0.3) is 0 Å². The van der Waals surface area contributed by atoms with Crippen LogP contribution in [0.5, 0.6) is 5.75 Å². The minimum Gasteiger partial charge on any atom is -0.494 e. The van der Waals surface area contributed by atoms with Gasteiger partial charge in [-0.05, 0) is 99.2 Å². The standard InChI is InChI=1S/C26H28F2O/c1-3-5-6-19-7-12-21(13-8-19)22-17-25(27)24(26(28)18-22)16-11-20-9-14-23(15-10-20)29-4-2/h3,9-10,14-15,17-19,21H,1,4-8,12-13H2,2H3. The highest BCUT2D eigenvalue weighted by atomic mass is 19.1. The Kier molecular flexibility index (Phi) is 7.47. The van der Waals surface area contributed by atoms with Gasteiger partial charge in [0.05, 0.1) is 12.2 Å². The van der Waals surface area contributed by atoms with Crippen molar-refractivity contribution in [2.45, 2.75) is 51.4 Å². The lowest BCUT2D eigenvalue weighted by Crippen LogP contribution is -2.14. The van der Waals surface area contributed by atoms with Crippen LogP contribution in [0.25, 0.3) is 0 Å². The van der Waals surface area contributed by atoms with E-state index in [9.17, 15) is 8.78 Å². The lowest BCUT2D eigenvalue weighted by Gasteiger charge is -2.28. The zero-order valence-electron chi connectivity index (χ0n) is 17.0. The molecule has 152 valence electrons. The van der Waals surface area contributed by atoms with Crippen molar-refractivity contribution in [1.82, 2.24) is 0 Å². The molecule has 1 fully saturated rings. The predicted molar refractivity (Wildman–Crippen MR) is 114 cm³/mol. The second-order valence-corrected chi connectivity index (χ2v) is 7.65. The summed E-state index contributed by atoms with van der Waals surface area (Å²) in [5, 5.41) is 0. The van der Waals surface area contributed by atoms with Crippen LogP contribution in [-0.4, -0.2) is 6.61 Å². The quantitative estimate of drug-likeness (QED) is 0.378. The fourth-order valence-corrected chi connectivity index (χ4v) is 4.02. The normalized spacial score (nSPS) is 18.6. The van der Waals surface area contributed by atoms with Gasteiger partial charge in [-0.3, -0.25) is 0 Å². The summed E-state index contributed by atoms with van der Waals surface area (Å²) in [5.41, 5.74) is 1.28. The third-order valence-corrected chi connectivity index (χ3v) is 5.66. The smallest absolute Gasteiger partial charge is 0.142 e. The van der Waals surface area contributed by atoms with Gasteiger partial charge in [0.15, 0.2) is 0 Å². The first-order valence-electron chi connectivity index (χ1n) is 10.5. The number of allylic oxidation sites excluding steroid dienone is 1. The summed E-state index contributed by atoms with van der Waals surface area (Å²) in [7, 11) is 0. The summed E-state index contributed by atoms with van der Waals surface area (Å²) >= 11 is 0. The third kappa shape index (κ3) is 5.70. The van der Waals surface area contributed by atoms with E-state index in [4.69, 9.17) is 4.74 Å². The molecule has 0 spiro atoms. The molecule has 0 unspecified atom stereocenters. The number of benzene rings is 2. The Labute approximate surface area is 172 Å². The Balaban J connectivity index is 1.69. The Bertz CT molecular complexity index is 858. The Hall–Kier alpha value is -2.60. The summed E-state index contributed by atoms with van der Waals surface area (Å²) in [5.74, 6) is 6.03. The molecule has 1 aliphatic carbocycles. The molecule has 3 heteroatoms. The highest BCUT2D eigenvalue weighted by molar-refractivity contribution is 5.46. The zero-order chi connectivity index (χ0) is 20.6. The predicted octanol–water partition coefficient (Wildman–Crippen LogP) is 7.00. The van der Waals surface area contributed by atoms with Crippen LogP contribution in [0.1, 0.15) is 68.1 Å². The number of hydrogen-bond donors (Lipinski definition) is 0. The second kappa shape index (κ2) is 10.3. The zero-order valence-corrected chi connectivity index (χ0v) is 17.0. The maximum atomic E-state index is 14.6. The van der Waals surface area contributed by atoms with Gasteiger partial charge < -0.3 is 4.74 Å². The second-order valence-electron chi connectivity index (χ2n) is 7.65. The molecule has 29 heavy (non-hydrogen) atoms. The number of hydrogen-bond acceptors (Lipinski definition) is 1. The molecular formula is C26H28F2O. The number of ether oxygens (including phenoxy) is 1. The van der Waals surface area contributed by atoms with Gasteiger partial charge in [-0.1, -0.05) is 17.9 Å². The minimum absolute atomic E-state index is 0.165. The molecule has 2 aromatic carbocycles. The van der Waals surface area contributed by atoms with E-state index in [0.29, 0.717) is 18.1 Å². The van der Waals surface area contributed by atoms with Crippen LogP contribution in [0.3, 0.4) is 0 Å². The molecule has 0 heterocycles. The molecule has 0 amide bonds. The van der Waals surface area contributed by atoms with Gasteiger partial charge in [-0.2, -0.15) is 0 Å². The fourth-order valence-electron chi connectivity index (χ4n) is 4.02. The van der Waals surface area contributed by atoms with Gasteiger partial charge in [0, 0.05) is 5.56 Å². The summed E-state index contributed by atoms with van der Waals surface area (Å²) in [6.07, 6.45) is 8.36. The molecule has 0 bridgehead atoms. The Morgan fingerprint density at radius 1 is 1.03 bits per heavy atom. The summed E-state index contributed by atoms with van der Waals surface area (Å²) < 4.78 is 34.6. The highest BCUT2D eigenvalue weighted by Gasteiger charge is 2.23. The summed E-state index contributed by atoms with van der Waals surface area (Å²) in [4.78, 5) is 0. The van der Waals surface area contributed by atoms with Gasteiger partial charge in [-0.15, -0.1) is 6.58 Å². The van der Waals surface area contributed by atoms with E-state index in [1.165, 1.54) is 18.6 Å². The van der Waals surface area contributed by atoms with Crippen molar-refractivity contribution >= 4 is 0 Å². The molecular weight excluding hydrogens is 366 g/mol. The van der Waals surface area contributed by atoms with Crippen LogP contribution >= 0.6 is 0 Å². The van der Waals surface area contributed by atoms with Gasteiger partial charge in [0.1, 0.15) is 17.4 Å². The van der Waals surface area contributed by atoms with Crippen molar-refractivity contribution in [3.8, 4) is 17.6 Å². The Morgan fingerprint density at radius 2 is 1.69 bits per heavy atom. The summed E-state index contributed by atoms with van der Waals surface area (Å²) in [6, 6.07) is 10.1. The van der Waals surface area contributed by atoms with Crippen molar-refractivity contribution in [2.24, 2.45) is 5.92 Å². The average molecular weight is 395 g/mol. The summed E-state index contributed by atoms with van der Waals surface area (Å²) in [6.45, 7) is 6.28. The molecule has 2 aromatic rings. The molecule has 0 radical (unpaired) electrons. The van der Waals surface area contributed by atoms with E-state index >= 15 is 0 Å². The molecule has 0 atom stereocenters. The van der Waals surface area contributed by atoms with Crippen LogP contribution in [0.15, 0.2) is 49.1 Å². The van der Waals surface area contributed by atoms with Crippen molar-refractivity contribution in [2.75, 3.05) is 6.61 Å². The number of rotatable bonds is 6. The molecule has 1 aliphatic rings. The van der Waals surface area contributed by atoms with Gasteiger partial charge in [-0.25, -0.2) is 8.78 Å². The maximum Gasteiger partial charge on any atom is 0.142 e. The van der Waals surface area contributed by atoms with Crippen molar-refractivity contribution < 1.29 is 13.5 Å². The van der Waals surface area contributed by atoms with Crippen molar-refractivity contribution in [3.63, 3.8) is 0 Å². The van der Waals surface area contributed by atoms with Crippen LogP contribution in [0, 0.1) is 29.4 Å². The minimum atomic E-state index is -0.577. The van der Waals surface area contributed by atoms with Crippen molar-refractivity contribution in [1.29, 1.82) is 0 Å². The lowest BCUT2D eigenvalue weighted by atomic mass is 9.77.